The number of carbonyl (C=O) groups excluding carboxylic acids is 1. The van der Waals surface area contributed by atoms with Crippen LogP contribution in [0.1, 0.15) is 32.6 Å². The molecule has 1 saturated heterocycles. The van der Waals surface area contributed by atoms with Gasteiger partial charge in [-0.25, -0.2) is 0 Å². The maximum Gasteiger partial charge on any atom is 0.236 e. The van der Waals surface area contributed by atoms with Gasteiger partial charge in [0.15, 0.2) is 0 Å². The fourth-order valence-corrected chi connectivity index (χ4v) is 3.13. The Kier molecular flexibility index (Phi) is 4.81. The molecule has 2 aliphatic rings. The van der Waals surface area contributed by atoms with E-state index >= 15 is 0 Å². The van der Waals surface area contributed by atoms with Crippen LogP contribution in [0.2, 0.25) is 0 Å². The maximum atomic E-state index is 12.2. The summed E-state index contributed by atoms with van der Waals surface area (Å²) in [7, 11) is 1.91. The Labute approximate surface area is 115 Å². The Hall–Kier alpha value is -0.650. The molecule has 1 atom stereocenters. The second kappa shape index (κ2) is 6.20. The Balaban J connectivity index is 1.78. The third-order valence-corrected chi connectivity index (χ3v) is 4.10. The smallest absolute Gasteiger partial charge is 0.236 e. The van der Waals surface area contributed by atoms with Crippen molar-refractivity contribution in [3.8, 4) is 0 Å². The van der Waals surface area contributed by atoms with Crippen LogP contribution in [0.4, 0.5) is 0 Å². The Morgan fingerprint density at radius 2 is 2.16 bits per heavy atom. The van der Waals surface area contributed by atoms with Gasteiger partial charge in [0.25, 0.3) is 0 Å². The molecule has 0 bridgehead atoms. The van der Waals surface area contributed by atoms with Crippen molar-refractivity contribution in [3.63, 3.8) is 0 Å². The molecule has 19 heavy (non-hydrogen) atoms. The SMILES string of the molecule is CC1CN(C(=O)CN(C)CC2(O)CCCC2)CCO1. The van der Waals surface area contributed by atoms with Gasteiger partial charge in [0, 0.05) is 19.6 Å². The average molecular weight is 270 g/mol. The molecule has 2 fully saturated rings. The van der Waals surface area contributed by atoms with Gasteiger partial charge in [-0.15, -0.1) is 0 Å². The number of hydrogen-bond donors (Lipinski definition) is 1. The van der Waals surface area contributed by atoms with Gasteiger partial charge in [-0.2, -0.15) is 0 Å². The number of aliphatic hydroxyl groups is 1. The lowest BCUT2D eigenvalue weighted by Crippen LogP contribution is -2.49. The van der Waals surface area contributed by atoms with E-state index in [1.807, 2.05) is 23.8 Å². The van der Waals surface area contributed by atoms with E-state index in [0.29, 0.717) is 32.8 Å². The Morgan fingerprint density at radius 3 is 2.79 bits per heavy atom. The lowest BCUT2D eigenvalue weighted by Gasteiger charge is -2.33. The Bertz CT molecular complexity index is 316. The first-order chi connectivity index (χ1) is 8.98. The van der Waals surface area contributed by atoms with E-state index in [1.54, 1.807) is 0 Å². The molecule has 1 aliphatic carbocycles. The Morgan fingerprint density at radius 1 is 1.47 bits per heavy atom. The van der Waals surface area contributed by atoms with E-state index in [4.69, 9.17) is 4.74 Å². The van der Waals surface area contributed by atoms with Crippen LogP contribution in [0.3, 0.4) is 0 Å². The number of nitrogens with zero attached hydrogens (tertiary/aromatic N) is 2. The van der Waals surface area contributed by atoms with E-state index in [2.05, 4.69) is 0 Å². The van der Waals surface area contributed by atoms with E-state index in [9.17, 15) is 9.90 Å². The van der Waals surface area contributed by atoms with Crippen LogP contribution in [-0.2, 0) is 9.53 Å². The number of morpholine rings is 1. The molecule has 0 radical (unpaired) electrons. The highest BCUT2D eigenvalue weighted by Crippen LogP contribution is 2.29. The molecule has 0 aromatic rings. The molecular weight excluding hydrogens is 244 g/mol. The van der Waals surface area contributed by atoms with Crippen molar-refractivity contribution in [3.05, 3.63) is 0 Å². The van der Waals surface area contributed by atoms with Gasteiger partial charge in [-0.05, 0) is 26.8 Å². The standard InChI is InChI=1S/C14H26N2O3/c1-12-9-16(7-8-19-12)13(17)10-15(2)11-14(18)5-3-4-6-14/h12,18H,3-11H2,1-2H3. The van der Waals surface area contributed by atoms with Gasteiger partial charge in [-0.1, -0.05) is 12.8 Å². The molecule has 0 aromatic carbocycles. The summed E-state index contributed by atoms with van der Waals surface area (Å²) in [5.74, 6) is 0.138. The summed E-state index contributed by atoms with van der Waals surface area (Å²) in [5.41, 5.74) is -0.576. The van der Waals surface area contributed by atoms with Crippen molar-refractivity contribution < 1.29 is 14.6 Å². The highest BCUT2D eigenvalue weighted by molar-refractivity contribution is 5.78. The van der Waals surface area contributed by atoms with Gasteiger partial charge in [0.2, 0.25) is 5.91 Å². The van der Waals surface area contributed by atoms with Crippen LogP contribution >= 0.6 is 0 Å². The normalized spacial score (nSPS) is 26.9. The number of rotatable bonds is 4. The van der Waals surface area contributed by atoms with E-state index < -0.39 is 5.60 Å². The monoisotopic (exact) mass is 270 g/mol. The van der Waals surface area contributed by atoms with Crippen molar-refractivity contribution in [2.24, 2.45) is 0 Å². The zero-order valence-electron chi connectivity index (χ0n) is 12.1. The average Bonchev–Trinajstić information content (AvgIpc) is 2.75. The van der Waals surface area contributed by atoms with Crippen LogP contribution in [0, 0.1) is 0 Å². The fraction of sp³-hybridized carbons (Fsp3) is 0.929. The van der Waals surface area contributed by atoms with Gasteiger partial charge >= 0.3 is 0 Å². The zero-order valence-corrected chi connectivity index (χ0v) is 12.1. The lowest BCUT2D eigenvalue weighted by molar-refractivity contribution is -0.139. The molecule has 110 valence electrons. The summed E-state index contributed by atoms with van der Waals surface area (Å²) in [5, 5.41) is 10.3. The molecule has 1 amide bonds. The molecule has 5 nitrogen and oxygen atoms in total. The minimum absolute atomic E-state index is 0.127. The summed E-state index contributed by atoms with van der Waals surface area (Å²) < 4.78 is 5.44. The summed E-state index contributed by atoms with van der Waals surface area (Å²) in [6.07, 6.45) is 4.04. The van der Waals surface area contributed by atoms with Gasteiger partial charge in [0.1, 0.15) is 0 Å². The van der Waals surface area contributed by atoms with Gasteiger partial charge in [-0.3, -0.25) is 9.69 Å². The van der Waals surface area contributed by atoms with Crippen LogP contribution < -0.4 is 0 Å². The summed E-state index contributed by atoms with van der Waals surface area (Å²) in [6.45, 7) is 4.96. The quantitative estimate of drug-likeness (QED) is 0.807. The topological polar surface area (TPSA) is 53.0 Å². The minimum Gasteiger partial charge on any atom is -0.389 e. The van der Waals surface area contributed by atoms with Crippen molar-refractivity contribution in [1.29, 1.82) is 0 Å². The largest absolute Gasteiger partial charge is 0.389 e. The second-order valence-electron chi connectivity index (χ2n) is 6.12. The molecule has 2 rings (SSSR count). The summed E-state index contributed by atoms with van der Waals surface area (Å²) in [6, 6.07) is 0. The first-order valence-corrected chi connectivity index (χ1v) is 7.29. The molecule has 1 aliphatic heterocycles. The van der Waals surface area contributed by atoms with Crippen LogP contribution in [-0.4, -0.2) is 72.4 Å². The molecule has 0 spiro atoms. The highest BCUT2D eigenvalue weighted by atomic mass is 16.5. The molecule has 5 heteroatoms. The van der Waals surface area contributed by atoms with Crippen LogP contribution in [0.5, 0.6) is 0 Å². The summed E-state index contributed by atoms with van der Waals surface area (Å²) >= 11 is 0. The molecule has 1 heterocycles. The molecular formula is C14H26N2O3. The molecule has 1 saturated carbocycles. The lowest BCUT2D eigenvalue weighted by atomic mass is 10.0. The van der Waals surface area contributed by atoms with Crippen molar-refractivity contribution >= 4 is 5.91 Å². The van der Waals surface area contributed by atoms with Gasteiger partial charge < -0.3 is 14.7 Å². The zero-order chi connectivity index (χ0) is 13.9. The van der Waals surface area contributed by atoms with Crippen molar-refractivity contribution in [2.45, 2.75) is 44.3 Å². The highest BCUT2D eigenvalue weighted by Gasteiger charge is 2.33. The fourth-order valence-electron chi connectivity index (χ4n) is 3.13. The predicted octanol–water partition coefficient (Wildman–Crippen LogP) is 0.471. The first-order valence-electron chi connectivity index (χ1n) is 7.29. The summed E-state index contributed by atoms with van der Waals surface area (Å²) in [4.78, 5) is 16.0. The molecule has 1 N–H and O–H groups in total. The first kappa shape index (κ1) is 14.8. The minimum atomic E-state index is -0.576. The van der Waals surface area contributed by atoms with Crippen LogP contribution in [0.25, 0.3) is 0 Å². The number of amides is 1. The van der Waals surface area contributed by atoms with E-state index in [0.717, 1.165) is 25.7 Å². The number of carbonyl (C=O) groups is 1. The van der Waals surface area contributed by atoms with Crippen LogP contribution in [0.15, 0.2) is 0 Å². The van der Waals surface area contributed by atoms with Gasteiger partial charge in [0.05, 0.1) is 24.9 Å². The number of ether oxygens (including phenoxy) is 1. The van der Waals surface area contributed by atoms with E-state index in [-0.39, 0.29) is 12.0 Å². The third kappa shape index (κ3) is 4.16. The second-order valence-corrected chi connectivity index (χ2v) is 6.12. The van der Waals surface area contributed by atoms with E-state index in [1.165, 1.54) is 0 Å². The molecule has 1 unspecified atom stereocenters. The van der Waals surface area contributed by atoms with Crippen molar-refractivity contribution in [1.82, 2.24) is 9.80 Å². The maximum absolute atomic E-state index is 12.2. The third-order valence-electron chi connectivity index (χ3n) is 4.10. The molecule has 0 aromatic heterocycles. The predicted molar refractivity (Wildman–Crippen MR) is 72.9 cm³/mol. The number of likely N-dealkylation sites (N-methyl/N-ethyl adjacent to an activating group) is 1. The number of hydrogen-bond acceptors (Lipinski definition) is 4. The van der Waals surface area contributed by atoms with Crippen molar-refractivity contribution in [2.75, 3.05) is 39.8 Å².